The lowest BCUT2D eigenvalue weighted by atomic mass is 9.93. The molecule has 0 unspecified atom stereocenters. The summed E-state index contributed by atoms with van der Waals surface area (Å²) in [5, 5.41) is 3.19. The number of benzene rings is 1. The van der Waals surface area contributed by atoms with E-state index < -0.39 is 0 Å². The zero-order valence-corrected chi connectivity index (χ0v) is 15.3. The van der Waals surface area contributed by atoms with Gasteiger partial charge in [-0.2, -0.15) is 0 Å². The van der Waals surface area contributed by atoms with Crippen LogP contribution < -0.4 is 10.1 Å². The molecule has 0 aromatic heterocycles. The molecule has 4 nitrogen and oxygen atoms in total. The van der Waals surface area contributed by atoms with Gasteiger partial charge in [0.1, 0.15) is 5.75 Å². The van der Waals surface area contributed by atoms with E-state index in [0.717, 1.165) is 48.6 Å². The number of hydrogen-bond donors (Lipinski definition) is 1. The second kappa shape index (κ2) is 10.1. The molecule has 1 aliphatic rings. The van der Waals surface area contributed by atoms with E-state index >= 15 is 0 Å². The van der Waals surface area contributed by atoms with E-state index in [2.05, 4.69) is 21.2 Å². The maximum absolute atomic E-state index is 12.1. The largest absolute Gasteiger partial charge is 0.484 e. The minimum atomic E-state index is 0. The Kier molecular flexibility index (Phi) is 8.83. The van der Waals surface area contributed by atoms with Gasteiger partial charge in [-0.05, 0) is 63.0 Å². The van der Waals surface area contributed by atoms with Crippen LogP contribution in [0.5, 0.6) is 5.75 Å². The molecule has 0 bridgehead atoms. The molecule has 1 heterocycles. The van der Waals surface area contributed by atoms with Crippen molar-refractivity contribution < 1.29 is 9.53 Å². The van der Waals surface area contributed by atoms with Crippen molar-refractivity contribution in [2.24, 2.45) is 5.92 Å². The number of halogens is 2. The van der Waals surface area contributed by atoms with Gasteiger partial charge >= 0.3 is 0 Å². The normalized spacial score (nSPS) is 15.3. The fourth-order valence-electron chi connectivity index (χ4n) is 2.59. The third-order valence-corrected chi connectivity index (χ3v) is 4.47. The number of hydrogen-bond acceptors (Lipinski definition) is 3. The van der Waals surface area contributed by atoms with Gasteiger partial charge in [-0.15, -0.1) is 12.4 Å². The smallest absolute Gasteiger partial charge is 0.260 e. The molecule has 1 fully saturated rings. The van der Waals surface area contributed by atoms with E-state index in [0.29, 0.717) is 0 Å². The van der Waals surface area contributed by atoms with Gasteiger partial charge in [-0.1, -0.05) is 15.9 Å². The standard InChI is InChI=1S/C16H23BrN2O2.ClH/c1-18-9-6-13-7-10-19(11-8-13)16(20)12-21-15-4-2-14(17)3-5-15;/h2-5,13,18H,6-12H2,1H3;1H. The van der Waals surface area contributed by atoms with Crippen molar-refractivity contribution >= 4 is 34.2 Å². The Hall–Kier alpha value is -0.780. The predicted octanol–water partition coefficient (Wildman–Crippen LogP) is 3.10. The maximum Gasteiger partial charge on any atom is 0.260 e. The van der Waals surface area contributed by atoms with E-state index in [1.54, 1.807) is 0 Å². The number of amides is 1. The van der Waals surface area contributed by atoms with Crippen LogP contribution in [-0.2, 0) is 4.79 Å². The highest BCUT2D eigenvalue weighted by Gasteiger charge is 2.22. The maximum atomic E-state index is 12.1. The summed E-state index contributed by atoms with van der Waals surface area (Å²) in [5.41, 5.74) is 0. The molecule has 0 atom stereocenters. The van der Waals surface area contributed by atoms with E-state index in [1.807, 2.05) is 36.2 Å². The third-order valence-electron chi connectivity index (χ3n) is 3.95. The molecule has 1 aliphatic heterocycles. The molecule has 22 heavy (non-hydrogen) atoms. The molecule has 0 aliphatic carbocycles. The highest BCUT2D eigenvalue weighted by molar-refractivity contribution is 9.10. The molecule has 124 valence electrons. The van der Waals surface area contributed by atoms with E-state index in [9.17, 15) is 4.79 Å². The number of carbonyl (C=O) groups excluding carboxylic acids is 1. The molecular weight excluding hydrogens is 368 g/mol. The number of piperidine rings is 1. The van der Waals surface area contributed by atoms with Crippen molar-refractivity contribution in [3.05, 3.63) is 28.7 Å². The molecule has 1 amide bonds. The Bertz CT molecular complexity index is 448. The predicted molar refractivity (Wildman–Crippen MR) is 94.7 cm³/mol. The van der Waals surface area contributed by atoms with Crippen molar-refractivity contribution in [3.63, 3.8) is 0 Å². The topological polar surface area (TPSA) is 41.6 Å². The van der Waals surface area contributed by atoms with Crippen LogP contribution in [0.4, 0.5) is 0 Å². The van der Waals surface area contributed by atoms with E-state index in [-0.39, 0.29) is 24.9 Å². The van der Waals surface area contributed by atoms with Crippen LogP contribution in [0, 0.1) is 5.92 Å². The van der Waals surface area contributed by atoms with Gasteiger partial charge in [-0.25, -0.2) is 0 Å². The van der Waals surface area contributed by atoms with Gasteiger partial charge in [0.15, 0.2) is 6.61 Å². The number of nitrogens with zero attached hydrogens (tertiary/aromatic N) is 1. The highest BCUT2D eigenvalue weighted by Crippen LogP contribution is 2.20. The highest BCUT2D eigenvalue weighted by atomic mass is 79.9. The summed E-state index contributed by atoms with van der Waals surface area (Å²) in [4.78, 5) is 14.1. The van der Waals surface area contributed by atoms with Gasteiger partial charge in [0.05, 0.1) is 0 Å². The first-order valence-corrected chi connectivity index (χ1v) is 8.29. The second-order valence-electron chi connectivity index (χ2n) is 5.46. The van der Waals surface area contributed by atoms with Crippen LogP contribution in [0.25, 0.3) is 0 Å². The Labute approximate surface area is 147 Å². The third kappa shape index (κ3) is 6.15. The molecule has 0 saturated carbocycles. The van der Waals surface area contributed by atoms with Crippen LogP contribution in [-0.4, -0.2) is 44.1 Å². The molecular formula is C16H24BrClN2O2. The average Bonchev–Trinajstić information content (AvgIpc) is 2.52. The number of ether oxygens (including phenoxy) is 1. The Morgan fingerprint density at radius 3 is 2.55 bits per heavy atom. The van der Waals surface area contributed by atoms with Crippen LogP contribution in [0.3, 0.4) is 0 Å². The summed E-state index contributed by atoms with van der Waals surface area (Å²) in [5.74, 6) is 1.56. The first-order chi connectivity index (χ1) is 10.2. The van der Waals surface area contributed by atoms with Gasteiger partial charge in [0, 0.05) is 17.6 Å². The Morgan fingerprint density at radius 1 is 1.32 bits per heavy atom. The molecule has 2 rings (SSSR count). The minimum absolute atomic E-state index is 0. The minimum Gasteiger partial charge on any atom is -0.484 e. The van der Waals surface area contributed by atoms with Crippen molar-refractivity contribution in [2.75, 3.05) is 33.3 Å². The quantitative estimate of drug-likeness (QED) is 0.810. The van der Waals surface area contributed by atoms with Crippen molar-refractivity contribution in [3.8, 4) is 5.75 Å². The molecule has 1 aromatic rings. The molecule has 0 radical (unpaired) electrons. The summed E-state index contributed by atoms with van der Waals surface area (Å²) in [6.07, 6.45) is 3.41. The summed E-state index contributed by atoms with van der Waals surface area (Å²) < 4.78 is 6.55. The monoisotopic (exact) mass is 390 g/mol. The molecule has 1 N–H and O–H groups in total. The van der Waals surface area contributed by atoms with Gasteiger partial charge in [0.25, 0.3) is 5.91 Å². The summed E-state index contributed by atoms with van der Waals surface area (Å²) >= 11 is 3.38. The molecule has 1 aromatic carbocycles. The number of nitrogens with one attached hydrogen (secondary N) is 1. The summed E-state index contributed by atoms with van der Waals surface area (Å²) in [6.45, 7) is 2.90. The second-order valence-corrected chi connectivity index (χ2v) is 6.37. The van der Waals surface area contributed by atoms with Crippen molar-refractivity contribution in [1.82, 2.24) is 10.2 Å². The van der Waals surface area contributed by atoms with Crippen LogP contribution in [0.2, 0.25) is 0 Å². The zero-order chi connectivity index (χ0) is 15.1. The summed E-state index contributed by atoms with van der Waals surface area (Å²) in [7, 11) is 1.98. The summed E-state index contributed by atoms with van der Waals surface area (Å²) in [6, 6.07) is 7.54. The van der Waals surface area contributed by atoms with Gasteiger partial charge in [-0.3, -0.25) is 4.79 Å². The van der Waals surface area contributed by atoms with Crippen molar-refractivity contribution in [1.29, 1.82) is 0 Å². The fraction of sp³-hybridized carbons (Fsp3) is 0.562. The first kappa shape index (κ1) is 19.3. The lowest BCUT2D eigenvalue weighted by molar-refractivity contribution is -0.134. The molecule has 1 saturated heterocycles. The zero-order valence-electron chi connectivity index (χ0n) is 12.9. The Morgan fingerprint density at radius 2 is 1.95 bits per heavy atom. The van der Waals surface area contributed by atoms with Crippen molar-refractivity contribution in [2.45, 2.75) is 19.3 Å². The van der Waals surface area contributed by atoms with Crippen LogP contribution in [0.1, 0.15) is 19.3 Å². The number of carbonyl (C=O) groups is 1. The average molecular weight is 392 g/mol. The number of rotatable bonds is 6. The van der Waals surface area contributed by atoms with Gasteiger partial charge < -0.3 is 15.0 Å². The first-order valence-electron chi connectivity index (χ1n) is 7.50. The van der Waals surface area contributed by atoms with E-state index in [4.69, 9.17) is 4.74 Å². The van der Waals surface area contributed by atoms with Crippen LogP contribution in [0.15, 0.2) is 28.7 Å². The molecule has 0 spiro atoms. The van der Waals surface area contributed by atoms with E-state index in [1.165, 1.54) is 6.42 Å². The Balaban J connectivity index is 0.00000242. The fourth-order valence-corrected chi connectivity index (χ4v) is 2.85. The van der Waals surface area contributed by atoms with Gasteiger partial charge in [0.2, 0.25) is 0 Å². The SMILES string of the molecule is CNCCC1CCN(C(=O)COc2ccc(Br)cc2)CC1.Cl. The molecule has 6 heteroatoms. The number of likely N-dealkylation sites (tertiary alicyclic amines) is 1. The lowest BCUT2D eigenvalue weighted by Gasteiger charge is -2.32. The lowest BCUT2D eigenvalue weighted by Crippen LogP contribution is -2.41. The van der Waals surface area contributed by atoms with Crippen LogP contribution >= 0.6 is 28.3 Å².